The standard InChI is InChI=1S/C14H11ClN2O2S/c1-10-16-8-9-17(10)20(18,19)14-7-6-13(15)11-4-2-3-5-12(11)14/h2-9H,1H3. The Kier molecular flexibility index (Phi) is 3.03. The van der Waals surface area contributed by atoms with E-state index in [9.17, 15) is 8.42 Å². The molecule has 6 heteroatoms. The zero-order valence-corrected chi connectivity index (χ0v) is 12.2. The van der Waals surface area contributed by atoms with E-state index in [1.165, 1.54) is 22.4 Å². The zero-order valence-electron chi connectivity index (χ0n) is 10.6. The molecule has 0 radical (unpaired) electrons. The summed E-state index contributed by atoms with van der Waals surface area (Å²) < 4.78 is 26.6. The van der Waals surface area contributed by atoms with E-state index in [4.69, 9.17) is 11.6 Å². The second-order valence-corrected chi connectivity index (χ2v) is 6.56. The number of nitrogens with zero attached hydrogens (tertiary/aromatic N) is 2. The molecule has 0 N–H and O–H groups in total. The molecular formula is C14H11ClN2O2S. The van der Waals surface area contributed by atoms with E-state index >= 15 is 0 Å². The highest BCUT2D eigenvalue weighted by atomic mass is 35.5. The number of hydrogen-bond donors (Lipinski definition) is 0. The van der Waals surface area contributed by atoms with Crippen LogP contribution in [0, 0.1) is 6.92 Å². The predicted octanol–water partition coefficient (Wildman–Crippen LogP) is 3.24. The van der Waals surface area contributed by atoms with Crippen LogP contribution in [0.4, 0.5) is 0 Å². The molecule has 0 aliphatic heterocycles. The van der Waals surface area contributed by atoms with Crippen molar-refractivity contribution < 1.29 is 8.42 Å². The van der Waals surface area contributed by atoms with Crippen LogP contribution in [0.25, 0.3) is 10.8 Å². The first-order valence-corrected chi connectivity index (χ1v) is 7.76. The van der Waals surface area contributed by atoms with Gasteiger partial charge >= 0.3 is 0 Å². The van der Waals surface area contributed by atoms with Gasteiger partial charge in [-0.05, 0) is 19.1 Å². The normalized spacial score (nSPS) is 11.9. The van der Waals surface area contributed by atoms with Crippen molar-refractivity contribution in [2.75, 3.05) is 0 Å². The minimum atomic E-state index is -3.67. The van der Waals surface area contributed by atoms with E-state index in [2.05, 4.69) is 4.98 Å². The maximum Gasteiger partial charge on any atom is 0.269 e. The number of imidazole rings is 1. The second-order valence-electron chi connectivity index (χ2n) is 4.37. The smallest absolute Gasteiger partial charge is 0.241 e. The lowest BCUT2D eigenvalue weighted by molar-refractivity contribution is 0.586. The van der Waals surface area contributed by atoms with Crippen molar-refractivity contribution in [3.05, 3.63) is 59.6 Å². The summed E-state index contributed by atoms with van der Waals surface area (Å²) in [5.41, 5.74) is 0. The van der Waals surface area contributed by atoms with Gasteiger partial charge in [-0.25, -0.2) is 17.4 Å². The molecule has 0 spiro atoms. The van der Waals surface area contributed by atoms with Crippen LogP contribution in [-0.4, -0.2) is 17.4 Å². The van der Waals surface area contributed by atoms with Gasteiger partial charge in [-0.15, -0.1) is 0 Å². The fraction of sp³-hybridized carbons (Fsp3) is 0.0714. The van der Waals surface area contributed by atoms with E-state index < -0.39 is 10.0 Å². The van der Waals surface area contributed by atoms with E-state index in [1.807, 2.05) is 6.07 Å². The molecule has 1 aromatic heterocycles. The molecule has 20 heavy (non-hydrogen) atoms. The second kappa shape index (κ2) is 4.61. The van der Waals surface area contributed by atoms with Gasteiger partial charge in [-0.3, -0.25) is 0 Å². The lowest BCUT2D eigenvalue weighted by Crippen LogP contribution is -2.14. The van der Waals surface area contributed by atoms with Crippen LogP contribution in [0.15, 0.2) is 53.7 Å². The first-order valence-electron chi connectivity index (χ1n) is 5.94. The van der Waals surface area contributed by atoms with Gasteiger partial charge in [0, 0.05) is 28.2 Å². The molecule has 0 fully saturated rings. The predicted molar refractivity (Wildman–Crippen MR) is 78.5 cm³/mol. The summed E-state index contributed by atoms with van der Waals surface area (Å²) in [5, 5.41) is 1.85. The number of aromatic nitrogens is 2. The van der Waals surface area contributed by atoms with E-state index in [-0.39, 0.29) is 4.90 Å². The Morgan fingerprint density at radius 2 is 1.80 bits per heavy atom. The number of halogens is 1. The van der Waals surface area contributed by atoms with Crippen LogP contribution < -0.4 is 0 Å². The molecular weight excluding hydrogens is 296 g/mol. The number of rotatable bonds is 2. The van der Waals surface area contributed by atoms with Crippen molar-refractivity contribution in [3.8, 4) is 0 Å². The molecule has 0 aliphatic rings. The molecule has 102 valence electrons. The van der Waals surface area contributed by atoms with Gasteiger partial charge in [0.1, 0.15) is 5.82 Å². The Labute approximate surface area is 121 Å². The van der Waals surface area contributed by atoms with Gasteiger partial charge in [0.2, 0.25) is 0 Å². The summed E-state index contributed by atoms with van der Waals surface area (Å²) in [7, 11) is -3.67. The first kappa shape index (κ1) is 13.1. The van der Waals surface area contributed by atoms with Crippen LogP contribution in [0.1, 0.15) is 5.82 Å². The van der Waals surface area contributed by atoms with Crippen molar-refractivity contribution >= 4 is 32.4 Å². The SMILES string of the molecule is Cc1nccn1S(=O)(=O)c1ccc(Cl)c2ccccc12. The quantitative estimate of drug-likeness (QED) is 0.730. The van der Waals surface area contributed by atoms with Crippen LogP contribution in [0.3, 0.4) is 0 Å². The zero-order chi connectivity index (χ0) is 14.3. The highest BCUT2D eigenvalue weighted by molar-refractivity contribution is 7.90. The maximum absolute atomic E-state index is 12.7. The Morgan fingerprint density at radius 3 is 2.45 bits per heavy atom. The average molecular weight is 307 g/mol. The third-order valence-corrected chi connectivity index (χ3v) is 5.30. The molecule has 1 heterocycles. The Balaban J connectivity index is 2.36. The fourth-order valence-corrected chi connectivity index (χ4v) is 3.93. The van der Waals surface area contributed by atoms with Crippen LogP contribution in [-0.2, 0) is 10.0 Å². The molecule has 4 nitrogen and oxygen atoms in total. The number of fused-ring (bicyclic) bond motifs is 1. The third kappa shape index (κ3) is 1.90. The Morgan fingerprint density at radius 1 is 1.10 bits per heavy atom. The van der Waals surface area contributed by atoms with Gasteiger partial charge in [0.15, 0.2) is 0 Å². The third-order valence-electron chi connectivity index (χ3n) is 3.15. The van der Waals surface area contributed by atoms with Crippen LogP contribution in [0.5, 0.6) is 0 Å². The fourth-order valence-electron chi connectivity index (χ4n) is 2.19. The van der Waals surface area contributed by atoms with Gasteiger partial charge in [-0.2, -0.15) is 0 Å². The molecule has 0 aliphatic carbocycles. The van der Waals surface area contributed by atoms with Crippen molar-refractivity contribution in [1.82, 2.24) is 8.96 Å². The monoisotopic (exact) mass is 306 g/mol. The summed E-state index contributed by atoms with van der Waals surface area (Å²) in [6.45, 7) is 1.65. The molecule has 0 atom stereocenters. The van der Waals surface area contributed by atoms with Gasteiger partial charge in [0.25, 0.3) is 10.0 Å². The summed E-state index contributed by atoms with van der Waals surface area (Å²) in [6, 6.07) is 10.3. The minimum Gasteiger partial charge on any atom is -0.241 e. The highest BCUT2D eigenvalue weighted by Gasteiger charge is 2.21. The number of benzene rings is 2. The Bertz CT molecular complexity index is 900. The number of aryl methyl sites for hydroxylation is 1. The highest BCUT2D eigenvalue weighted by Crippen LogP contribution is 2.30. The van der Waals surface area contributed by atoms with E-state index in [0.29, 0.717) is 21.6 Å². The van der Waals surface area contributed by atoms with Crippen LogP contribution >= 0.6 is 11.6 Å². The average Bonchev–Trinajstić information content (AvgIpc) is 2.86. The largest absolute Gasteiger partial charge is 0.269 e. The molecule has 3 rings (SSSR count). The lowest BCUT2D eigenvalue weighted by atomic mass is 10.1. The molecule has 0 unspecified atom stereocenters. The van der Waals surface area contributed by atoms with Crippen molar-refractivity contribution in [2.24, 2.45) is 0 Å². The number of hydrogen-bond acceptors (Lipinski definition) is 3. The molecule has 0 saturated heterocycles. The summed E-state index contributed by atoms with van der Waals surface area (Å²) in [4.78, 5) is 4.18. The summed E-state index contributed by atoms with van der Waals surface area (Å²) in [6.07, 6.45) is 2.90. The van der Waals surface area contributed by atoms with Gasteiger partial charge in [0.05, 0.1) is 4.90 Å². The molecule has 3 aromatic rings. The first-order chi connectivity index (χ1) is 9.51. The maximum atomic E-state index is 12.7. The van der Waals surface area contributed by atoms with Crippen molar-refractivity contribution in [1.29, 1.82) is 0 Å². The molecule has 0 saturated carbocycles. The molecule has 2 aromatic carbocycles. The van der Waals surface area contributed by atoms with Crippen molar-refractivity contribution in [3.63, 3.8) is 0 Å². The topological polar surface area (TPSA) is 52.0 Å². The minimum absolute atomic E-state index is 0.221. The Hall–Kier alpha value is -1.85. The molecule has 0 amide bonds. The molecule has 0 bridgehead atoms. The summed E-state index contributed by atoms with van der Waals surface area (Å²) in [5.74, 6) is 0.420. The van der Waals surface area contributed by atoms with Gasteiger partial charge in [-0.1, -0.05) is 35.9 Å². The van der Waals surface area contributed by atoms with Crippen LogP contribution in [0.2, 0.25) is 5.02 Å². The van der Waals surface area contributed by atoms with Crippen molar-refractivity contribution in [2.45, 2.75) is 11.8 Å². The van der Waals surface area contributed by atoms with E-state index in [0.717, 1.165) is 0 Å². The van der Waals surface area contributed by atoms with E-state index in [1.54, 1.807) is 31.2 Å². The van der Waals surface area contributed by atoms with Gasteiger partial charge < -0.3 is 0 Å². The summed E-state index contributed by atoms with van der Waals surface area (Å²) >= 11 is 6.12. The lowest BCUT2D eigenvalue weighted by Gasteiger charge is -2.11.